The summed E-state index contributed by atoms with van der Waals surface area (Å²) in [7, 11) is 1.57. The van der Waals surface area contributed by atoms with Crippen LogP contribution in [0.4, 0.5) is 0 Å². The summed E-state index contributed by atoms with van der Waals surface area (Å²) in [6.45, 7) is 3.77. The average Bonchev–Trinajstić information content (AvgIpc) is 3.32. The van der Waals surface area contributed by atoms with Gasteiger partial charge in [0.2, 0.25) is 5.91 Å². The number of nitrogens with one attached hydrogen (secondary N) is 2. The van der Waals surface area contributed by atoms with Crippen LogP contribution in [0.5, 0.6) is 0 Å². The van der Waals surface area contributed by atoms with Gasteiger partial charge >= 0.3 is 0 Å². The first-order valence-electron chi connectivity index (χ1n) is 10.5. The van der Waals surface area contributed by atoms with Crippen molar-refractivity contribution in [1.29, 1.82) is 0 Å². The number of methoxy groups -OCH3 is 1. The minimum atomic E-state index is -0.664. The van der Waals surface area contributed by atoms with Gasteiger partial charge in [-0.15, -0.1) is 11.3 Å². The average molecular weight is 444 g/mol. The standard InChI is InChI=1S/C23H29N3O4S/c1-16-6-3-4-7-18(16)21(27)25-20(22(28)24-11-14-30-2)17-9-12-26(13-10-17)23(29)19-8-5-15-31-19/h3-8,15,17,20H,9-14H2,1-2H3,(H,24,28)(H,25,27)/t20-/m0/s1. The molecule has 0 radical (unpaired) electrons. The van der Waals surface area contributed by atoms with Crippen molar-refractivity contribution in [2.45, 2.75) is 25.8 Å². The Balaban J connectivity index is 1.68. The number of aryl methyl sites for hydroxylation is 1. The van der Waals surface area contributed by atoms with Crippen LogP contribution in [-0.2, 0) is 9.53 Å². The number of ether oxygens (including phenoxy) is 1. The van der Waals surface area contributed by atoms with Crippen LogP contribution < -0.4 is 10.6 Å². The number of hydrogen-bond acceptors (Lipinski definition) is 5. The van der Waals surface area contributed by atoms with E-state index in [2.05, 4.69) is 10.6 Å². The third kappa shape index (κ3) is 5.92. The van der Waals surface area contributed by atoms with Gasteiger partial charge < -0.3 is 20.3 Å². The van der Waals surface area contributed by atoms with Gasteiger partial charge in [-0.05, 0) is 48.8 Å². The largest absolute Gasteiger partial charge is 0.383 e. The van der Waals surface area contributed by atoms with Crippen molar-refractivity contribution in [3.8, 4) is 0 Å². The van der Waals surface area contributed by atoms with Gasteiger partial charge in [-0.1, -0.05) is 24.3 Å². The maximum Gasteiger partial charge on any atom is 0.263 e. The molecule has 1 aromatic carbocycles. The Labute approximate surface area is 186 Å². The summed E-state index contributed by atoms with van der Waals surface area (Å²) in [6.07, 6.45) is 1.29. The van der Waals surface area contributed by atoms with Crippen molar-refractivity contribution in [2.24, 2.45) is 5.92 Å². The van der Waals surface area contributed by atoms with Gasteiger partial charge in [-0.25, -0.2) is 0 Å². The maximum absolute atomic E-state index is 12.9. The van der Waals surface area contributed by atoms with Crippen molar-refractivity contribution >= 4 is 29.1 Å². The monoisotopic (exact) mass is 443 g/mol. The topological polar surface area (TPSA) is 87.7 Å². The number of carbonyl (C=O) groups excluding carboxylic acids is 3. The summed E-state index contributed by atoms with van der Waals surface area (Å²) in [5.74, 6) is -0.509. The van der Waals surface area contributed by atoms with Gasteiger partial charge in [0.15, 0.2) is 0 Å². The van der Waals surface area contributed by atoms with Crippen molar-refractivity contribution in [3.63, 3.8) is 0 Å². The Morgan fingerprint density at radius 2 is 1.90 bits per heavy atom. The lowest BCUT2D eigenvalue weighted by Crippen LogP contribution is -2.54. The van der Waals surface area contributed by atoms with Gasteiger partial charge in [0.1, 0.15) is 6.04 Å². The summed E-state index contributed by atoms with van der Waals surface area (Å²) in [4.78, 5) is 41.0. The van der Waals surface area contributed by atoms with E-state index in [0.29, 0.717) is 44.6 Å². The molecule has 1 atom stereocenters. The number of likely N-dealkylation sites (tertiary alicyclic amines) is 1. The number of nitrogens with zero attached hydrogens (tertiary/aromatic N) is 1. The van der Waals surface area contributed by atoms with Crippen molar-refractivity contribution in [1.82, 2.24) is 15.5 Å². The van der Waals surface area contributed by atoms with Crippen LogP contribution in [0.3, 0.4) is 0 Å². The molecule has 3 amide bonds. The molecule has 0 unspecified atom stereocenters. The van der Waals surface area contributed by atoms with Crippen molar-refractivity contribution in [2.75, 3.05) is 33.4 Å². The Bertz CT molecular complexity index is 892. The van der Waals surface area contributed by atoms with Crippen molar-refractivity contribution in [3.05, 3.63) is 57.8 Å². The van der Waals surface area contributed by atoms with Crippen LogP contribution in [0.25, 0.3) is 0 Å². The first-order chi connectivity index (χ1) is 15.0. The normalized spacial score (nSPS) is 15.4. The predicted molar refractivity (Wildman–Crippen MR) is 120 cm³/mol. The third-order valence-electron chi connectivity index (χ3n) is 5.59. The number of hydrogen-bond donors (Lipinski definition) is 2. The molecule has 166 valence electrons. The van der Waals surface area contributed by atoms with E-state index in [1.54, 1.807) is 13.2 Å². The van der Waals surface area contributed by atoms with E-state index in [0.717, 1.165) is 10.4 Å². The lowest BCUT2D eigenvalue weighted by atomic mass is 9.88. The number of thiophene rings is 1. The SMILES string of the molecule is COCCNC(=O)[C@@H](NC(=O)c1ccccc1C)C1CCN(C(=O)c2cccs2)CC1. The quantitative estimate of drug-likeness (QED) is 0.614. The number of benzene rings is 1. The van der Waals surface area contributed by atoms with E-state index in [1.807, 2.05) is 47.5 Å². The van der Waals surface area contributed by atoms with Gasteiger partial charge in [0, 0.05) is 32.3 Å². The van der Waals surface area contributed by atoms with E-state index in [-0.39, 0.29) is 23.6 Å². The molecule has 1 aliphatic heterocycles. The highest BCUT2D eigenvalue weighted by Crippen LogP contribution is 2.24. The zero-order chi connectivity index (χ0) is 22.2. The Morgan fingerprint density at radius 3 is 2.55 bits per heavy atom. The molecule has 3 rings (SSSR count). The number of rotatable bonds is 8. The number of piperidine rings is 1. The highest BCUT2D eigenvalue weighted by Gasteiger charge is 2.34. The molecule has 1 saturated heterocycles. The van der Waals surface area contributed by atoms with Crippen LogP contribution in [0.1, 0.15) is 38.4 Å². The van der Waals surface area contributed by atoms with Crippen LogP contribution in [0.2, 0.25) is 0 Å². The molecular weight excluding hydrogens is 414 g/mol. The van der Waals surface area contributed by atoms with E-state index in [4.69, 9.17) is 4.74 Å². The van der Waals surface area contributed by atoms with Gasteiger partial charge in [0.05, 0.1) is 11.5 Å². The van der Waals surface area contributed by atoms with Crippen LogP contribution in [0, 0.1) is 12.8 Å². The first kappa shape index (κ1) is 23.0. The lowest BCUT2D eigenvalue weighted by Gasteiger charge is -2.35. The molecule has 31 heavy (non-hydrogen) atoms. The molecule has 2 aromatic rings. The molecule has 8 heteroatoms. The van der Waals surface area contributed by atoms with Crippen LogP contribution in [0.15, 0.2) is 41.8 Å². The van der Waals surface area contributed by atoms with E-state index in [9.17, 15) is 14.4 Å². The fourth-order valence-corrected chi connectivity index (χ4v) is 4.51. The Morgan fingerprint density at radius 1 is 1.16 bits per heavy atom. The highest BCUT2D eigenvalue weighted by molar-refractivity contribution is 7.12. The Kier molecular flexibility index (Phi) is 8.20. The minimum absolute atomic E-state index is 0.0264. The third-order valence-corrected chi connectivity index (χ3v) is 6.45. The molecule has 0 spiro atoms. The second kappa shape index (κ2) is 11.1. The highest BCUT2D eigenvalue weighted by atomic mass is 32.1. The molecular formula is C23H29N3O4S. The maximum atomic E-state index is 12.9. The first-order valence-corrected chi connectivity index (χ1v) is 11.3. The van der Waals surface area contributed by atoms with Crippen molar-refractivity contribution < 1.29 is 19.1 Å². The fourth-order valence-electron chi connectivity index (χ4n) is 3.82. The zero-order valence-electron chi connectivity index (χ0n) is 17.9. The molecule has 0 saturated carbocycles. The Hall–Kier alpha value is -2.71. The second-order valence-electron chi connectivity index (χ2n) is 7.66. The molecule has 1 aliphatic rings. The minimum Gasteiger partial charge on any atom is -0.383 e. The second-order valence-corrected chi connectivity index (χ2v) is 8.60. The van der Waals surface area contributed by atoms with E-state index < -0.39 is 6.04 Å². The van der Waals surface area contributed by atoms with Gasteiger partial charge in [-0.2, -0.15) is 0 Å². The molecule has 1 fully saturated rings. The fraction of sp³-hybridized carbons (Fsp3) is 0.435. The van der Waals surface area contributed by atoms with Gasteiger partial charge in [-0.3, -0.25) is 14.4 Å². The summed E-state index contributed by atoms with van der Waals surface area (Å²) in [5.41, 5.74) is 1.41. The van der Waals surface area contributed by atoms with E-state index in [1.165, 1.54) is 11.3 Å². The van der Waals surface area contributed by atoms with E-state index >= 15 is 0 Å². The smallest absolute Gasteiger partial charge is 0.263 e. The van der Waals surface area contributed by atoms with Crippen LogP contribution >= 0.6 is 11.3 Å². The molecule has 1 aromatic heterocycles. The summed E-state index contributed by atoms with van der Waals surface area (Å²) in [5, 5.41) is 7.69. The molecule has 0 bridgehead atoms. The summed E-state index contributed by atoms with van der Waals surface area (Å²) < 4.78 is 5.01. The number of amides is 3. The number of carbonyl (C=O) groups is 3. The molecule has 2 N–H and O–H groups in total. The molecule has 2 heterocycles. The summed E-state index contributed by atoms with van der Waals surface area (Å²) >= 11 is 1.43. The lowest BCUT2D eigenvalue weighted by molar-refractivity contribution is -0.124. The molecule has 0 aliphatic carbocycles. The summed E-state index contributed by atoms with van der Waals surface area (Å²) in [6, 6.07) is 10.3. The van der Waals surface area contributed by atoms with Crippen LogP contribution in [-0.4, -0.2) is 62.0 Å². The van der Waals surface area contributed by atoms with Gasteiger partial charge in [0.25, 0.3) is 11.8 Å². The predicted octanol–water partition coefficient (Wildman–Crippen LogP) is 2.47. The molecule has 7 nitrogen and oxygen atoms in total. The zero-order valence-corrected chi connectivity index (χ0v) is 18.7.